The molecule has 50 valence electrons. The third kappa shape index (κ3) is 2.39. The molecule has 1 rings (SSSR count). The van der Waals surface area contributed by atoms with Gasteiger partial charge in [-0.15, -0.1) is 0 Å². The van der Waals surface area contributed by atoms with Crippen LogP contribution in [0.15, 0.2) is 16.8 Å². The van der Waals surface area contributed by atoms with Crippen LogP contribution in [0.4, 0.5) is 0 Å². The minimum absolute atomic E-state index is 0.977. The summed E-state index contributed by atoms with van der Waals surface area (Å²) in [6.45, 7) is 0.977. The van der Waals surface area contributed by atoms with E-state index in [2.05, 4.69) is 21.5 Å². The molecule has 0 aliphatic heterocycles. The average Bonchev–Trinajstić information content (AvgIpc) is 2.34. The minimum atomic E-state index is 0.977. The topological polar surface area (TPSA) is 12.0 Å². The van der Waals surface area contributed by atoms with Crippen LogP contribution in [-0.2, 0) is 6.54 Å². The van der Waals surface area contributed by atoms with Crippen LogP contribution < -0.4 is 4.72 Å². The van der Waals surface area contributed by atoms with Crippen LogP contribution in [0.5, 0.6) is 0 Å². The van der Waals surface area contributed by atoms with E-state index >= 15 is 0 Å². The van der Waals surface area contributed by atoms with E-state index in [0.717, 1.165) is 6.54 Å². The molecule has 0 aliphatic carbocycles. The maximum atomic E-state index is 3.17. The zero-order valence-corrected chi connectivity index (χ0v) is 6.89. The van der Waals surface area contributed by atoms with Crippen molar-refractivity contribution in [3.63, 3.8) is 0 Å². The third-order valence-corrected chi connectivity index (χ3v) is 2.17. The second-order valence-electron chi connectivity index (χ2n) is 1.66. The second kappa shape index (κ2) is 3.93. The van der Waals surface area contributed by atoms with Crippen molar-refractivity contribution in [3.8, 4) is 0 Å². The van der Waals surface area contributed by atoms with E-state index < -0.39 is 0 Å². The number of thiophene rings is 1. The molecule has 3 heteroatoms. The smallest absolute Gasteiger partial charge is 0.0318 e. The summed E-state index contributed by atoms with van der Waals surface area (Å²) in [4.78, 5) is 0. The summed E-state index contributed by atoms with van der Waals surface area (Å²) in [5, 5.41) is 4.25. The van der Waals surface area contributed by atoms with E-state index in [1.165, 1.54) is 5.56 Å². The van der Waals surface area contributed by atoms with Crippen molar-refractivity contribution >= 4 is 23.3 Å². The minimum Gasteiger partial charge on any atom is -0.260 e. The molecular formula is C6H9NS2. The first kappa shape index (κ1) is 7.12. The summed E-state index contributed by atoms with van der Waals surface area (Å²) >= 11 is 3.40. The van der Waals surface area contributed by atoms with Gasteiger partial charge in [-0.25, -0.2) is 0 Å². The summed E-state index contributed by atoms with van der Waals surface area (Å²) in [5.74, 6) is 0. The number of hydrogen-bond donors (Lipinski definition) is 1. The van der Waals surface area contributed by atoms with Crippen LogP contribution in [0.1, 0.15) is 5.56 Å². The first-order valence-corrected chi connectivity index (χ1v) is 4.87. The highest BCUT2D eigenvalue weighted by atomic mass is 32.2. The van der Waals surface area contributed by atoms with Crippen molar-refractivity contribution in [1.29, 1.82) is 0 Å². The van der Waals surface area contributed by atoms with Gasteiger partial charge in [0.15, 0.2) is 0 Å². The lowest BCUT2D eigenvalue weighted by molar-refractivity contribution is 0.987. The van der Waals surface area contributed by atoms with Gasteiger partial charge in [0.25, 0.3) is 0 Å². The van der Waals surface area contributed by atoms with Gasteiger partial charge in [-0.05, 0) is 28.6 Å². The number of nitrogens with one attached hydrogen (secondary N) is 1. The number of hydrogen-bond acceptors (Lipinski definition) is 3. The molecule has 1 nitrogen and oxygen atoms in total. The Hall–Kier alpha value is 0.01000. The maximum Gasteiger partial charge on any atom is 0.0318 e. The monoisotopic (exact) mass is 159 g/mol. The molecule has 0 aliphatic rings. The van der Waals surface area contributed by atoms with Crippen LogP contribution >= 0.6 is 23.3 Å². The van der Waals surface area contributed by atoms with Crippen LogP contribution in [0.25, 0.3) is 0 Å². The normalized spacial score (nSPS) is 9.89. The molecule has 0 aromatic carbocycles. The zero-order chi connectivity index (χ0) is 6.53. The summed E-state index contributed by atoms with van der Waals surface area (Å²) in [6, 6.07) is 2.13. The zero-order valence-electron chi connectivity index (χ0n) is 5.26. The van der Waals surface area contributed by atoms with Crippen molar-refractivity contribution in [2.24, 2.45) is 0 Å². The van der Waals surface area contributed by atoms with Crippen molar-refractivity contribution in [2.45, 2.75) is 6.54 Å². The second-order valence-corrected chi connectivity index (χ2v) is 3.13. The van der Waals surface area contributed by atoms with E-state index in [-0.39, 0.29) is 0 Å². The van der Waals surface area contributed by atoms with E-state index in [0.29, 0.717) is 0 Å². The van der Waals surface area contributed by atoms with Crippen molar-refractivity contribution in [2.75, 3.05) is 6.26 Å². The lowest BCUT2D eigenvalue weighted by atomic mass is 10.4. The Bertz CT molecular complexity index is 148. The molecule has 0 saturated heterocycles. The Balaban J connectivity index is 2.30. The molecule has 9 heavy (non-hydrogen) atoms. The van der Waals surface area contributed by atoms with Gasteiger partial charge >= 0.3 is 0 Å². The van der Waals surface area contributed by atoms with Gasteiger partial charge in [0.1, 0.15) is 0 Å². The largest absolute Gasteiger partial charge is 0.260 e. The third-order valence-electron chi connectivity index (χ3n) is 1.00. The predicted molar refractivity (Wildman–Crippen MR) is 44.7 cm³/mol. The highest BCUT2D eigenvalue weighted by Gasteiger charge is 1.88. The Kier molecular flexibility index (Phi) is 3.11. The summed E-state index contributed by atoms with van der Waals surface area (Å²) in [5.41, 5.74) is 1.37. The lowest BCUT2D eigenvalue weighted by Crippen LogP contribution is -1.99. The van der Waals surface area contributed by atoms with Crippen LogP contribution in [0, 0.1) is 0 Å². The van der Waals surface area contributed by atoms with Crippen LogP contribution in [0.2, 0.25) is 0 Å². The fraction of sp³-hybridized carbons (Fsp3) is 0.333. The summed E-state index contributed by atoms with van der Waals surface area (Å²) in [6.07, 6.45) is 2.03. The first-order valence-electron chi connectivity index (χ1n) is 2.70. The van der Waals surface area contributed by atoms with Gasteiger partial charge in [0, 0.05) is 6.54 Å². The quantitative estimate of drug-likeness (QED) is 0.678. The van der Waals surface area contributed by atoms with Gasteiger partial charge in [-0.2, -0.15) is 11.3 Å². The van der Waals surface area contributed by atoms with Crippen molar-refractivity contribution in [3.05, 3.63) is 22.4 Å². The van der Waals surface area contributed by atoms with E-state index in [4.69, 9.17) is 0 Å². The summed E-state index contributed by atoms with van der Waals surface area (Å²) in [7, 11) is 0. The molecule has 1 heterocycles. The first-order chi connectivity index (χ1) is 4.43. The Labute approximate surface area is 63.6 Å². The molecule has 1 aromatic heterocycles. The SMILES string of the molecule is CSNCc1ccsc1. The molecule has 1 aromatic rings. The van der Waals surface area contributed by atoms with Gasteiger partial charge in [0.2, 0.25) is 0 Å². The van der Waals surface area contributed by atoms with Crippen molar-refractivity contribution in [1.82, 2.24) is 4.72 Å². The van der Waals surface area contributed by atoms with Gasteiger partial charge in [-0.3, -0.25) is 4.72 Å². The molecule has 0 bridgehead atoms. The summed E-state index contributed by atoms with van der Waals surface area (Å²) < 4.78 is 3.17. The molecule has 0 amide bonds. The molecule has 0 fully saturated rings. The van der Waals surface area contributed by atoms with E-state index in [1.54, 1.807) is 23.3 Å². The fourth-order valence-electron chi connectivity index (χ4n) is 0.549. The average molecular weight is 159 g/mol. The molecular weight excluding hydrogens is 150 g/mol. The van der Waals surface area contributed by atoms with Gasteiger partial charge in [0.05, 0.1) is 0 Å². The molecule has 1 N–H and O–H groups in total. The molecule has 0 radical (unpaired) electrons. The van der Waals surface area contributed by atoms with E-state index in [1.807, 2.05) is 6.26 Å². The Morgan fingerprint density at radius 3 is 3.22 bits per heavy atom. The van der Waals surface area contributed by atoms with Crippen molar-refractivity contribution < 1.29 is 0 Å². The highest BCUT2D eigenvalue weighted by molar-refractivity contribution is 7.96. The lowest BCUT2D eigenvalue weighted by Gasteiger charge is -1.94. The van der Waals surface area contributed by atoms with Crippen LogP contribution in [-0.4, -0.2) is 6.26 Å². The maximum absolute atomic E-state index is 3.17. The standard InChI is InChI=1S/C6H9NS2/c1-8-7-4-6-2-3-9-5-6/h2-3,5,7H,4H2,1H3. The van der Waals surface area contributed by atoms with E-state index in [9.17, 15) is 0 Å². The fourth-order valence-corrected chi connectivity index (χ4v) is 1.53. The van der Waals surface area contributed by atoms with Gasteiger partial charge < -0.3 is 0 Å². The number of rotatable bonds is 3. The predicted octanol–water partition coefficient (Wildman–Crippen LogP) is 2.12. The van der Waals surface area contributed by atoms with Crippen LogP contribution in [0.3, 0.4) is 0 Å². The Morgan fingerprint density at radius 2 is 2.67 bits per heavy atom. The molecule has 0 spiro atoms. The molecule has 0 saturated carbocycles. The Morgan fingerprint density at radius 1 is 1.78 bits per heavy atom. The van der Waals surface area contributed by atoms with Gasteiger partial charge in [-0.1, -0.05) is 11.9 Å². The highest BCUT2D eigenvalue weighted by Crippen LogP contribution is 2.05. The molecule has 0 unspecified atom stereocenters. The molecule has 0 atom stereocenters.